The number of carboxylic acids is 1. The number of aliphatic carboxylic acids is 1. The van der Waals surface area contributed by atoms with Crippen LogP contribution in [0.15, 0.2) is 0 Å². The number of amides is 2. The van der Waals surface area contributed by atoms with Crippen LogP contribution in [-0.2, 0) is 4.79 Å². The highest BCUT2D eigenvalue weighted by molar-refractivity contribution is 8.06. The molecule has 0 aromatic rings. The van der Waals surface area contributed by atoms with E-state index in [-0.39, 0.29) is 6.03 Å². The second kappa shape index (κ2) is 8.53. The highest BCUT2D eigenvalue weighted by Gasteiger charge is 2.20. The number of hydrogen-bond acceptors (Lipinski definition) is 4. The first-order chi connectivity index (χ1) is 8.63. The Labute approximate surface area is 116 Å². The Kier molecular flexibility index (Phi) is 7.34. The maximum atomic E-state index is 11.6. The van der Waals surface area contributed by atoms with Gasteiger partial charge < -0.3 is 15.7 Å². The Balaban J connectivity index is 2.24. The second-order valence-electron chi connectivity index (χ2n) is 4.10. The van der Waals surface area contributed by atoms with E-state index >= 15 is 0 Å². The number of hydrogen-bond donors (Lipinski definition) is 3. The van der Waals surface area contributed by atoms with E-state index in [2.05, 4.69) is 10.6 Å². The quantitative estimate of drug-likeness (QED) is 0.689. The Morgan fingerprint density at radius 1 is 1.44 bits per heavy atom. The third-order valence-electron chi connectivity index (χ3n) is 2.56. The molecule has 3 N–H and O–H groups in total. The maximum absolute atomic E-state index is 11.6. The molecule has 5 nitrogen and oxygen atoms in total. The van der Waals surface area contributed by atoms with E-state index in [1.54, 1.807) is 0 Å². The van der Waals surface area contributed by atoms with Crippen LogP contribution in [0.1, 0.15) is 19.8 Å². The summed E-state index contributed by atoms with van der Waals surface area (Å²) < 4.78 is 0. The molecule has 2 amide bonds. The Hall–Kier alpha value is -0.560. The molecule has 0 radical (unpaired) electrons. The summed E-state index contributed by atoms with van der Waals surface area (Å²) >= 11 is 3.76. The van der Waals surface area contributed by atoms with Gasteiger partial charge in [0, 0.05) is 29.1 Å². The fraction of sp³-hybridized carbons (Fsp3) is 0.818. The van der Waals surface area contributed by atoms with E-state index in [0.29, 0.717) is 18.2 Å². The maximum Gasteiger partial charge on any atom is 0.326 e. The monoisotopic (exact) mass is 292 g/mol. The molecule has 0 aromatic carbocycles. The number of urea groups is 1. The van der Waals surface area contributed by atoms with Gasteiger partial charge in [-0.15, -0.1) is 0 Å². The predicted octanol–water partition coefficient (Wildman–Crippen LogP) is 1.39. The van der Waals surface area contributed by atoms with Crippen molar-refractivity contribution in [1.29, 1.82) is 0 Å². The standard InChI is InChI=1S/C11H20N2O3S2/c1-2-3-9(10(14)15)13-11(16)12-6-8-7-17-4-5-18-8/h8-9H,2-7H2,1H3,(H,14,15)(H2,12,13,16)/t8?,9-/m1/s1. The molecule has 0 spiro atoms. The van der Waals surface area contributed by atoms with E-state index < -0.39 is 12.0 Å². The number of carbonyl (C=O) groups is 2. The molecule has 0 saturated carbocycles. The molecule has 7 heteroatoms. The minimum absolute atomic E-state index is 0.382. The van der Waals surface area contributed by atoms with Gasteiger partial charge in [0.25, 0.3) is 0 Å². The highest BCUT2D eigenvalue weighted by Crippen LogP contribution is 2.23. The molecule has 1 rings (SSSR count). The van der Waals surface area contributed by atoms with Crippen LogP contribution in [-0.4, -0.2) is 52.2 Å². The zero-order valence-corrected chi connectivity index (χ0v) is 12.1. The average molecular weight is 292 g/mol. The normalized spacial score (nSPS) is 21.1. The number of carboxylic acid groups (broad SMARTS) is 1. The van der Waals surface area contributed by atoms with Crippen LogP contribution in [0.3, 0.4) is 0 Å². The van der Waals surface area contributed by atoms with Gasteiger partial charge in [-0.05, 0) is 6.42 Å². The van der Waals surface area contributed by atoms with Crippen molar-refractivity contribution in [3.63, 3.8) is 0 Å². The summed E-state index contributed by atoms with van der Waals surface area (Å²) in [6.07, 6.45) is 1.18. The van der Waals surface area contributed by atoms with Crippen molar-refractivity contribution in [2.45, 2.75) is 31.1 Å². The molecule has 18 heavy (non-hydrogen) atoms. The lowest BCUT2D eigenvalue weighted by molar-refractivity contribution is -0.139. The zero-order valence-electron chi connectivity index (χ0n) is 10.5. The topological polar surface area (TPSA) is 78.4 Å². The number of carbonyl (C=O) groups excluding carboxylic acids is 1. The van der Waals surface area contributed by atoms with Gasteiger partial charge in [-0.25, -0.2) is 9.59 Å². The Bertz CT molecular complexity index is 283. The van der Waals surface area contributed by atoms with Crippen molar-refractivity contribution in [2.75, 3.05) is 23.8 Å². The van der Waals surface area contributed by atoms with Gasteiger partial charge in [0.05, 0.1) is 0 Å². The zero-order chi connectivity index (χ0) is 13.4. The summed E-state index contributed by atoms with van der Waals surface area (Å²) in [6, 6.07) is -1.17. The summed E-state index contributed by atoms with van der Waals surface area (Å²) in [5.41, 5.74) is 0. The van der Waals surface area contributed by atoms with Crippen molar-refractivity contribution < 1.29 is 14.7 Å². The van der Waals surface area contributed by atoms with E-state index in [1.165, 1.54) is 5.75 Å². The number of thioether (sulfide) groups is 2. The molecule has 1 aliphatic heterocycles. The van der Waals surface area contributed by atoms with Crippen LogP contribution in [0, 0.1) is 0 Å². The molecule has 1 saturated heterocycles. The smallest absolute Gasteiger partial charge is 0.326 e. The molecule has 0 aliphatic carbocycles. The van der Waals surface area contributed by atoms with Gasteiger partial charge in [0.2, 0.25) is 0 Å². The SMILES string of the molecule is CCC[C@@H](NC(=O)NCC1CSCCS1)C(=O)O. The number of nitrogens with one attached hydrogen (secondary N) is 2. The van der Waals surface area contributed by atoms with E-state index in [0.717, 1.165) is 17.9 Å². The average Bonchev–Trinajstić information content (AvgIpc) is 2.37. The van der Waals surface area contributed by atoms with Crippen LogP contribution < -0.4 is 10.6 Å². The van der Waals surface area contributed by atoms with E-state index in [4.69, 9.17) is 5.11 Å². The molecule has 2 atom stereocenters. The van der Waals surface area contributed by atoms with Crippen molar-refractivity contribution in [1.82, 2.24) is 10.6 Å². The molecular weight excluding hydrogens is 272 g/mol. The van der Waals surface area contributed by atoms with Gasteiger partial charge in [-0.3, -0.25) is 0 Å². The van der Waals surface area contributed by atoms with Crippen molar-refractivity contribution in [2.24, 2.45) is 0 Å². The van der Waals surface area contributed by atoms with Crippen LogP contribution in [0.2, 0.25) is 0 Å². The largest absolute Gasteiger partial charge is 0.480 e. The van der Waals surface area contributed by atoms with Gasteiger partial charge in [-0.2, -0.15) is 23.5 Å². The molecule has 1 heterocycles. The van der Waals surface area contributed by atoms with Gasteiger partial charge >= 0.3 is 12.0 Å². The minimum atomic E-state index is -0.977. The molecule has 1 aliphatic rings. The van der Waals surface area contributed by atoms with Gasteiger partial charge in [-0.1, -0.05) is 13.3 Å². The Morgan fingerprint density at radius 2 is 2.22 bits per heavy atom. The fourth-order valence-electron chi connectivity index (χ4n) is 1.62. The van der Waals surface area contributed by atoms with Crippen LogP contribution >= 0.6 is 23.5 Å². The van der Waals surface area contributed by atoms with Gasteiger partial charge in [0.15, 0.2) is 0 Å². The third-order valence-corrected chi connectivity index (χ3v) is 5.40. The molecule has 1 fully saturated rings. The summed E-state index contributed by atoms with van der Waals surface area (Å²) in [6.45, 7) is 2.49. The summed E-state index contributed by atoms with van der Waals surface area (Å²) in [4.78, 5) is 22.5. The van der Waals surface area contributed by atoms with Crippen molar-refractivity contribution in [3.8, 4) is 0 Å². The second-order valence-corrected chi connectivity index (χ2v) is 6.66. The minimum Gasteiger partial charge on any atom is -0.480 e. The van der Waals surface area contributed by atoms with E-state index in [1.807, 2.05) is 30.4 Å². The lowest BCUT2D eigenvalue weighted by Gasteiger charge is -2.22. The molecule has 0 bridgehead atoms. The molecule has 1 unspecified atom stereocenters. The molecular formula is C11H20N2O3S2. The van der Waals surface area contributed by atoms with Crippen LogP contribution in [0.5, 0.6) is 0 Å². The summed E-state index contributed by atoms with van der Waals surface area (Å²) in [5.74, 6) is 2.36. The summed E-state index contributed by atoms with van der Waals surface area (Å²) in [5, 5.41) is 14.6. The molecule has 0 aromatic heterocycles. The lowest BCUT2D eigenvalue weighted by atomic mass is 10.2. The first kappa shape index (κ1) is 15.5. The van der Waals surface area contributed by atoms with Crippen LogP contribution in [0.4, 0.5) is 4.79 Å². The lowest BCUT2D eigenvalue weighted by Crippen LogP contribution is -2.47. The van der Waals surface area contributed by atoms with Gasteiger partial charge in [0.1, 0.15) is 6.04 Å². The third kappa shape index (κ3) is 5.86. The van der Waals surface area contributed by atoms with E-state index in [9.17, 15) is 9.59 Å². The summed E-state index contributed by atoms with van der Waals surface area (Å²) in [7, 11) is 0. The fourth-order valence-corrected chi connectivity index (χ4v) is 4.23. The Morgan fingerprint density at radius 3 is 2.78 bits per heavy atom. The number of rotatable bonds is 6. The highest BCUT2D eigenvalue weighted by atomic mass is 32.2. The molecule has 104 valence electrons. The first-order valence-corrected chi connectivity index (χ1v) is 8.30. The van der Waals surface area contributed by atoms with Crippen LogP contribution in [0.25, 0.3) is 0 Å². The predicted molar refractivity (Wildman–Crippen MR) is 76.4 cm³/mol. The van der Waals surface area contributed by atoms with Crippen molar-refractivity contribution in [3.05, 3.63) is 0 Å². The van der Waals surface area contributed by atoms with Crippen molar-refractivity contribution >= 4 is 35.5 Å². The first-order valence-electron chi connectivity index (χ1n) is 6.10.